The van der Waals surface area contributed by atoms with Gasteiger partial charge < -0.3 is 10.6 Å². The summed E-state index contributed by atoms with van der Waals surface area (Å²) in [5, 5.41) is 6.15. The van der Waals surface area contributed by atoms with Crippen molar-refractivity contribution in [3.05, 3.63) is 101 Å². The molecule has 0 aliphatic rings. The van der Waals surface area contributed by atoms with Gasteiger partial charge in [-0.25, -0.2) is 8.42 Å². The van der Waals surface area contributed by atoms with Crippen molar-refractivity contribution in [1.82, 2.24) is 10.6 Å². The SMILES string of the molecule is C[C@H](NC(=O)C[C@@H](NC(=O)c1ccccc1Cl)c1ccccc1)c1ccc(S(C)(=O)=O)cc1. The second kappa shape index (κ2) is 10.6. The van der Waals surface area contributed by atoms with E-state index in [0.29, 0.717) is 10.6 Å². The van der Waals surface area contributed by atoms with E-state index in [9.17, 15) is 18.0 Å². The molecular weight excluding hydrogens is 460 g/mol. The standard InChI is InChI=1S/C25H25ClN2O4S/c1-17(18-12-14-20(15-13-18)33(2,31)32)27-24(29)16-23(19-8-4-3-5-9-19)28-25(30)21-10-6-7-11-22(21)26/h3-15,17,23H,16H2,1-2H3,(H,27,29)(H,28,30)/t17-,23+/m0/s1. The summed E-state index contributed by atoms with van der Waals surface area (Å²) < 4.78 is 23.3. The van der Waals surface area contributed by atoms with E-state index in [1.807, 2.05) is 37.3 Å². The molecule has 0 saturated carbocycles. The first-order chi connectivity index (χ1) is 15.6. The highest BCUT2D eigenvalue weighted by Gasteiger charge is 2.21. The third-order valence-corrected chi connectivity index (χ3v) is 6.66. The van der Waals surface area contributed by atoms with Crippen LogP contribution in [-0.2, 0) is 14.6 Å². The topological polar surface area (TPSA) is 92.3 Å². The Morgan fingerprint density at radius 2 is 1.45 bits per heavy atom. The van der Waals surface area contributed by atoms with Gasteiger partial charge in [-0.3, -0.25) is 9.59 Å². The minimum absolute atomic E-state index is 0.0198. The zero-order valence-corrected chi connectivity index (χ0v) is 19.9. The summed E-state index contributed by atoms with van der Waals surface area (Å²) in [5.41, 5.74) is 1.89. The number of nitrogens with one attached hydrogen (secondary N) is 2. The fourth-order valence-electron chi connectivity index (χ4n) is 3.39. The maximum Gasteiger partial charge on any atom is 0.253 e. The normalized spacial score (nSPS) is 13.1. The quantitative estimate of drug-likeness (QED) is 0.493. The van der Waals surface area contributed by atoms with Gasteiger partial charge in [0.2, 0.25) is 5.91 Å². The summed E-state index contributed by atoms with van der Waals surface area (Å²) in [6.45, 7) is 1.81. The van der Waals surface area contributed by atoms with Crippen LogP contribution in [0.2, 0.25) is 5.02 Å². The fraction of sp³-hybridized carbons (Fsp3) is 0.200. The van der Waals surface area contributed by atoms with E-state index in [1.54, 1.807) is 36.4 Å². The molecule has 0 bridgehead atoms. The van der Waals surface area contributed by atoms with Crippen molar-refractivity contribution in [3.8, 4) is 0 Å². The number of rotatable bonds is 8. The highest BCUT2D eigenvalue weighted by Crippen LogP contribution is 2.22. The molecule has 0 fully saturated rings. The van der Waals surface area contributed by atoms with Crippen LogP contribution in [0.15, 0.2) is 83.8 Å². The summed E-state index contributed by atoms with van der Waals surface area (Å²) in [5.74, 6) is -0.630. The molecule has 2 amide bonds. The first kappa shape index (κ1) is 24.5. The molecule has 0 radical (unpaired) electrons. The number of amides is 2. The molecule has 2 atom stereocenters. The van der Waals surface area contributed by atoms with Crippen molar-refractivity contribution in [2.75, 3.05) is 6.26 Å². The van der Waals surface area contributed by atoms with E-state index < -0.39 is 15.9 Å². The second-order valence-corrected chi connectivity index (χ2v) is 10.2. The zero-order valence-electron chi connectivity index (χ0n) is 18.3. The van der Waals surface area contributed by atoms with E-state index >= 15 is 0 Å². The number of benzene rings is 3. The van der Waals surface area contributed by atoms with Gasteiger partial charge in [0, 0.05) is 6.26 Å². The Hall–Kier alpha value is -3.16. The van der Waals surface area contributed by atoms with Crippen LogP contribution in [0.4, 0.5) is 0 Å². The predicted octanol–water partition coefficient (Wildman–Crippen LogP) is 4.48. The third kappa shape index (κ3) is 6.66. The molecule has 3 aromatic rings. The van der Waals surface area contributed by atoms with Crippen molar-refractivity contribution < 1.29 is 18.0 Å². The molecule has 0 aliphatic carbocycles. The lowest BCUT2D eigenvalue weighted by atomic mass is 10.0. The molecule has 8 heteroatoms. The van der Waals surface area contributed by atoms with Crippen molar-refractivity contribution >= 4 is 33.3 Å². The maximum atomic E-state index is 12.8. The number of halogens is 1. The van der Waals surface area contributed by atoms with Crippen LogP contribution in [0, 0.1) is 0 Å². The number of carbonyl (C=O) groups is 2. The fourth-order valence-corrected chi connectivity index (χ4v) is 4.24. The molecule has 33 heavy (non-hydrogen) atoms. The maximum absolute atomic E-state index is 12.8. The number of hydrogen-bond donors (Lipinski definition) is 2. The molecule has 0 aliphatic heterocycles. The van der Waals surface area contributed by atoms with Crippen LogP contribution >= 0.6 is 11.6 Å². The largest absolute Gasteiger partial charge is 0.350 e. The molecule has 2 N–H and O–H groups in total. The molecule has 172 valence electrons. The summed E-state index contributed by atoms with van der Waals surface area (Å²) >= 11 is 6.15. The molecule has 0 spiro atoms. The zero-order chi connectivity index (χ0) is 24.0. The van der Waals surface area contributed by atoms with E-state index in [4.69, 9.17) is 11.6 Å². The number of carbonyl (C=O) groups excluding carboxylic acids is 2. The minimum Gasteiger partial charge on any atom is -0.350 e. The summed E-state index contributed by atoms with van der Waals surface area (Å²) in [4.78, 5) is 25.9. The smallest absolute Gasteiger partial charge is 0.253 e. The van der Waals surface area contributed by atoms with Gasteiger partial charge in [0.1, 0.15) is 0 Å². The Morgan fingerprint density at radius 3 is 2.06 bits per heavy atom. The average molecular weight is 485 g/mol. The van der Waals surface area contributed by atoms with Crippen molar-refractivity contribution in [1.29, 1.82) is 0 Å². The lowest BCUT2D eigenvalue weighted by Gasteiger charge is -2.21. The lowest BCUT2D eigenvalue weighted by Crippen LogP contribution is -2.34. The molecule has 6 nitrogen and oxygen atoms in total. The van der Waals surface area contributed by atoms with Crippen molar-refractivity contribution in [2.24, 2.45) is 0 Å². The Kier molecular flexibility index (Phi) is 7.89. The third-order valence-electron chi connectivity index (χ3n) is 5.20. The second-order valence-electron chi connectivity index (χ2n) is 7.75. The molecule has 0 unspecified atom stereocenters. The monoisotopic (exact) mass is 484 g/mol. The predicted molar refractivity (Wildman–Crippen MR) is 129 cm³/mol. The first-order valence-corrected chi connectivity index (χ1v) is 12.6. The Labute approximate surface area is 198 Å². The number of hydrogen-bond acceptors (Lipinski definition) is 4. The molecule has 0 heterocycles. The Morgan fingerprint density at radius 1 is 0.848 bits per heavy atom. The van der Waals surface area contributed by atoms with Gasteiger partial charge in [-0.15, -0.1) is 0 Å². The summed E-state index contributed by atoms with van der Waals surface area (Å²) in [7, 11) is -3.29. The van der Waals surface area contributed by atoms with Gasteiger partial charge in [-0.05, 0) is 42.3 Å². The van der Waals surface area contributed by atoms with Crippen LogP contribution in [-0.4, -0.2) is 26.5 Å². The van der Waals surface area contributed by atoms with Crippen LogP contribution < -0.4 is 10.6 Å². The lowest BCUT2D eigenvalue weighted by molar-refractivity contribution is -0.122. The van der Waals surface area contributed by atoms with Gasteiger partial charge in [-0.1, -0.05) is 66.2 Å². The number of sulfone groups is 1. The van der Waals surface area contributed by atoms with Gasteiger partial charge in [0.15, 0.2) is 9.84 Å². The molecular formula is C25H25ClN2O4S. The van der Waals surface area contributed by atoms with Crippen LogP contribution in [0.25, 0.3) is 0 Å². The molecule has 3 aromatic carbocycles. The van der Waals surface area contributed by atoms with Crippen LogP contribution in [0.1, 0.15) is 46.9 Å². The van der Waals surface area contributed by atoms with E-state index in [-0.39, 0.29) is 29.2 Å². The highest BCUT2D eigenvalue weighted by atomic mass is 35.5. The van der Waals surface area contributed by atoms with E-state index in [2.05, 4.69) is 10.6 Å². The Balaban J connectivity index is 1.72. The first-order valence-electron chi connectivity index (χ1n) is 10.3. The van der Waals surface area contributed by atoms with Gasteiger partial charge in [0.05, 0.1) is 34.0 Å². The van der Waals surface area contributed by atoms with Crippen molar-refractivity contribution in [3.63, 3.8) is 0 Å². The van der Waals surface area contributed by atoms with Gasteiger partial charge in [-0.2, -0.15) is 0 Å². The van der Waals surface area contributed by atoms with Crippen molar-refractivity contribution in [2.45, 2.75) is 30.3 Å². The average Bonchev–Trinajstić information content (AvgIpc) is 2.79. The van der Waals surface area contributed by atoms with Crippen LogP contribution in [0.5, 0.6) is 0 Å². The molecule has 0 saturated heterocycles. The molecule has 0 aromatic heterocycles. The van der Waals surface area contributed by atoms with Gasteiger partial charge >= 0.3 is 0 Å². The van der Waals surface area contributed by atoms with Gasteiger partial charge in [0.25, 0.3) is 5.91 Å². The van der Waals surface area contributed by atoms with Crippen LogP contribution in [0.3, 0.4) is 0 Å². The minimum atomic E-state index is -3.29. The Bertz CT molecular complexity index is 1230. The van der Waals surface area contributed by atoms with E-state index in [0.717, 1.165) is 17.4 Å². The molecule has 3 rings (SSSR count). The highest BCUT2D eigenvalue weighted by molar-refractivity contribution is 7.90. The summed E-state index contributed by atoms with van der Waals surface area (Å²) in [6.07, 6.45) is 1.17. The van der Waals surface area contributed by atoms with E-state index in [1.165, 1.54) is 12.1 Å². The summed E-state index contributed by atoms with van der Waals surface area (Å²) in [6, 6.07) is 21.4.